The lowest BCUT2D eigenvalue weighted by Crippen LogP contribution is -2.21. The van der Waals surface area contributed by atoms with Gasteiger partial charge in [0.15, 0.2) is 5.43 Å². The third kappa shape index (κ3) is 1.13. The van der Waals surface area contributed by atoms with Gasteiger partial charge in [-0.25, -0.2) is 10.1 Å². The summed E-state index contributed by atoms with van der Waals surface area (Å²) in [7, 11) is 0. The Kier molecular flexibility index (Phi) is 2.02. The van der Waals surface area contributed by atoms with Crippen molar-refractivity contribution in [1.29, 1.82) is 5.26 Å². The first-order valence-electron chi connectivity index (χ1n) is 5.36. The lowest BCUT2D eigenvalue weighted by atomic mass is 10.1. The van der Waals surface area contributed by atoms with Gasteiger partial charge in [-0.2, -0.15) is 0 Å². The smallest absolute Gasteiger partial charge is 0.273 e. The standard InChI is InChI=1S/C15H6N2O/c1-17-12(8-16)14-10-6-2-4-9-5-3-7-11(13(9)10)15(14)18/h2-7H/b14-12-. The molecule has 0 aromatic heterocycles. The number of nitriles is 1. The summed E-state index contributed by atoms with van der Waals surface area (Å²) in [6, 6.07) is 12.8. The fourth-order valence-electron chi connectivity index (χ4n) is 2.37. The van der Waals surface area contributed by atoms with E-state index in [2.05, 4.69) is 4.85 Å². The molecule has 0 spiro atoms. The van der Waals surface area contributed by atoms with Crippen molar-refractivity contribution in [3.8, 4) is 6.07 Å². The van der Waals surface area contributed by atoms with E-state index in [0.717, 1.165) is 10.8 Å². The first kappa shape index (κ1) is 10.3. The molecule has 0 saturated carbocycles. The molecule has 0 aliphatic carbocycles. The highest BCUT2D eigenvalue weighted by Gasteiger charge is 2.13. The Labute approximate surface area is 102 Å². The van der Waals surface area contributed by atoms with Gasteiger partial charge in [0.2, 0.25) is 0 Å². The van der Waals surface area contributed by atoms with E-state index in [1.807, 2.05) is 24.3 Å². The lowest BCUT2D eigenvalue weighted by Gasteiger charge is -1.96. The molecule has 3 aromatic carbocycles. The zero-order valence-electron chi connectivity index (χ0n) is 9.27. The number of nitrogens with zero attached hydrogens (tertiary/aromatic N) is 2. The topological polar surface area (TPSA) is 45.2 Å². The van der Waals surface area contributed by atoms with Crippen LogP contribution in [0.25, 0.3) is 32.1 Å². The molecule has 0 heterocycles. The Hall–Kier alpha value is -2.91. The molecule has 0 N–H and O–H groups in total. The second-order valence-corrected chi connectivity index (χ2v) is 3.99. The van der Waals surface area contributed by atoms with E-state index in [-0.39, 0.29) is 16.3 Å². The van der Waals surface area contributed by atoms with Crippen molar-refractivity contribution in [2.75, 3.05) is 0 Å². The highest BCUT2D eigenvalue weighted by atomic mass is 16.1. The van der Waals surface area contributed by atoms with Gasteiger partial charge >= 0.3 is 0 Å². The number of benzene rings is 2. The van der Waals surface area contributed by atoms with Crippen LogP contribution in [-0.4, -0.2) is 0 Å². The summed E-state index contributed by atoms with van der Waals surface area (Å²) >= 11 is 0. The van der Waals surface area contributed by atoms with Gasteiger partial charge in [0.1, 0.15) is 0 Å². The maximum absolute atomic E-state index is 12.3. The molecule has 3 rings (SSSR count). The van der Waals surface area contributed by atoms with Crippen molar-refractivity contribution in [3.63, 3.8) is 0 Å². The molecule has 82 valence electrons. The van der Waals surface area contributed by atoms with Crippen LogP contribution in [0.5, 0.6) is 0 Å². The molecule has 3 aromatic rings. The Morgan fingerprint density at radius 2 is 1.83 bits per heavy atom. The minimum atomic E-state index is -0.227. The zero-order valence-corrected chi connectivity index (χ0v) is 9.27. The minimum Gasteiger partial charge on any atom is -0.290 e. The minimum absolute atomic E-state index is 0.135. The van der Waals surface area contributed by atoms with Gasteiger partial charge in [-0.05, 0) is 16.2 Å². The van der Waals surface area contributed by atoms with Gasteiger partial charge in [-0.15, -0.1) is 0 Å². The van der Waals surface area contributed by atoms with E-state index in [0.29, 0.717) is 10.8 Å². The molecule has 3 nitrogen and oxygen atoms in total. The molecule has 18 heavy (non-hydrogen) atoms. The fourth-order valence-corrected chi connectivity index (χ4v) is 2.37. The Morgan fingerprint density at radius 1 is 1.17 bits per heavy atom. The molecule has 0 aliphatic heterocycles. The Morgan fingerprint density at radius 3 is 2.44 bits per heavy atom. The van der Waals surface area contributed by atoms with Crippen LogP contribution >= 0.6 is 0 Å². The quantitative estimate of drug-likeness (QED) is 0.555. The predicted octanol–water partition coefficient (Wildman–Crippen LogP) is 2.06. The van der Waals surface area contributed by atoms with E-state index >= 15 is 0 Å². The summed E-state index contributed by atoms with van der Waals surface area (Å²) < 4.78 is 0. The van der Waals surface area contributed by atoms with Gasteiger partial charge in [0.05, 0.1) is 12.6 Å². The molecule has 0 aliphatic rings. The lowest BCUT2D eigenvalue weighted by molar-refractivity contribution is 1.52. The van der Waals surface area contributed by atoms with Crippen LogP contribution in [0, 0.1) is 17.9 Å². The molecular formula is C15H6N2O. The first-order chi connectivity index (χ1) is 8.77. The average molecular weight is 230 g/mol. The van der Waals surface area contributed by atoms with Gasteiger partial charge in [0, 0.05) is 10.6 Å². The molecular weight excluding hydrogens is 224 g/mol. The van der Waals surface area contributed by atoms with E-state index in [4.69, 9.17) is 11.8 Å². The second kappa shape index (κ2) is 3.55. The van der Waals surface area contributed by atoms with Crippen molar-refractivity contribution in [3.05, 3.63) is 63.3 Å². The summed E-state index contributed by atoms with van der Waals surface area (Å²) in [5.74, 6) is 0. The van der Waals surface area contributed by atoms with Crippen molar-refractivity contribution in [2.45, 2.75) is 0 Å². The normalized spacial score (nSPS) is 12.3. The summed E-state index contributed by atoms with van der Waals surface area (Å²) in [5.41, 5.74) is -0.363. The summed E-state index contributed by atoms with van der Waals surface area (Å²) in [6.07, 6.45) is 0. The maximum atomic E-state index is 12.3. The van der Waals surface area contributed by atoms with E-state index < -0.39 is 0 Å². The highest BCUT2D eigenvalue weighted by molar-refractivity contribution is 6.12. The van der Waals surface area contributed by atoms with Crippen LogP contribution in [0.4, 0.5) is 0 Å². The van der Waals surface area contributed by atoms with Gasteiger partial charge in [-0.1, -0.05) is 36.4 Å². The van der Waals surface area contributed by atoms with Crippen molar-refractivity contribution >= 4 is 27.2 Å². The summed E-state index contributed by atoms with van der Waals surface area (Å²) in [5, 5.41) is 12.3. The van der Waals surface area contributed by atoms with Gasteiger partial charge in [0.25, 0.3) is 5.70 Å². The third-order valence-corrected chi connectivity index (χ3v) is 3.10. The first-order valence-corrected chi connectivity index (χ1v) is 5.36. The molecule has 0 radical (unpaired) electrons. The summed E-state index contributed by atoms with van der Waals surface area (Å²) in [6.45, 7) is 7.01. The van der Waals surface area contributed by atoms with Crippen LogP contribution in [0.1, 0.15) is 0 Å². The summed E-state index contributed by atoms with van der Waals surface area (Å²) in [4.78, 5) is 15.4. The molecule has 0 unspecified atom stereocenters. The van der Waals surface area contributed by atoms with Crippen LogP contribution < -0.4 is 10.6 Å². The molecule has 3 heteroatoms. The second-order valence-electron chi connectivity index (χ2n) is 3.99. The largest absolute Gasteiger partial charge is 0.290 e. The van der Waals surface area contributed by atoms with Gasteiger partial charge in [-0.3, -0.25) is 4.79 Å². The highest BCUT2D eigenvalue weighted by Crippen LogP contribution is 2.22. The van der Waals surface area contributed by atoms with Crippen molar-refractivity contribution in [2.24, 2.45) is 0 Å². The Bertz CT molecular complexity index is 937. The zero-order chi connectivity index (χ0) is 12.7. The monoisotopic (exact) mass is 230 g/mol. The Balaban J connectivity index is 2.83. The molecule has 0 atom stereocenters. The average Bonchev–Trinajstić information content (AvgIpc) is 2.69. The van der Waals surface area contributed by atoms with E-state index in [9.17, 15) is 4.79 Å². The van der Waals surface area contributed by atoms with Crippen LogP contribution in [0.2, 0.25) is 0 Å². The van der Waals surface area contributed by atoms with E-state index in [1.54, 1.807) is 18.2 Å². The molecule has 0 bridgehead atoms. The van der Waals surface area contributed by atoms with Crippen LogP contribution in [0.15, 0.2) is 41.2 Å². The van der Waals surface area contributed by atoms with Crippen molar-refractivity contribution < 1.29 is 0 Å². The third-order valence-electron chi connectivity index (χ3n) is 3.10. The van der Waals surface area contributed by atoms with Crippen LogP contribution in [0.3, 0.4) is 0 Å². The number of hydrogen-bond donors (Lipinski definition) is 0. The van der Waals surface area contributed by atoms with E-state index in [1.165, 1.54) is 0 Å². The SMILES string of the molecule is [C-]#[N+]/C(C#N)=c1\c(=O)c2cccc3cccc1c32. The fraction of sp³-hybridized carbons (Fsp3) is 0. The van der Waals surface area contributed by atoms with Gasteiger partial charge < -0.3 is 0 Å². The molecule has 0 saturated heterocycles. The molecule has 0 amide bonds. The molecule has 0 fully saturated rings. The number of rotatable bonds is 0. The maximum Gasteiger partial charge on any atom is 0.273 e. The van der Waals surface area contributed by atoms with Crippen LogP contribution in [-0.2, 0) is 0 Å². The predicted molar refractivity (Wildman–Crippen MR) is 69.8 cm³/mol. The number of hydrogen-bond acceptors (Lipinski definition) is 2. The van der Waals surface area contributed by atoms with Crippen molar-refractivity contribution in [1.82, 2.24) is 0 Å².